The molecule has 0 unspecified atom stereocenters. The lowest BCUT2D eigenvalue weighted by Crippen LogP contribution is -2.47. The summed E-state index contributed by atoms with van der Waals surface area (Å²) in [5.41, 5.74) is 0.802. The summed E-state index contributed by atoms with van der Waals surface area (Å²) in [4.78, 5) is 12.1. The molecule has 1 heterocycles. The van der Waals surface area contributed by atoms with E-state index < -0.39 is 0 Å². The molecule has 22 heavy (non-hydrogen) atoms. The van der Waals surface area contributed by atoms with Crippen LogP contribution in [0.25, 0.3) is 0 Å². The Morgan fingerprint density at radius 2 is 2.18 bits per heavy atom. The van der Waals surface area contributed by atoms with Crippen molar-refractivity contribution in [2.75, 3.05) is 33.4 Å². The summed E-state index contributed by atoms with van der Waals surface area (Å²) in [7, 11) is 1.70. The molecule has 1 saturated heterocycles. The first-order valence-electron chi connectivity index (χ1n) is 7.45. The second-order valence-electron chi connectivity index (χ2n) is 5.88. The molecule has 0 aliphatic carbocycles. The van der Waals surface area contributed by atoms with E-state index in [9.17, 15) is 9.18 Å². The van der Waals surface area contributed by atoms with E-state index in [1.54, 1.807) is 19.2 Å². The lowest BCUT2D eigenvalue weighted by molar-refractivity contribution is -0.121. The molecular weight excluding hydrogens is 351 g/mol. The van der Waals surface area contributed by atoms with Gasteiger partial charge in [-0.2, -0.15) is 0 Å². The fourth-order valence-corrected chi connectivity index (χ4v) is 3.25. The zero-order valence-corrected chi connectivity index (χ0v) is 14.3. The molecule has 1 aromatic carbocycles. The minimum atomic E-state index is -0.321. The minimum Gasteiger partial charge on any atom is -0.384 e. The highest BCUT2D eigenvalue weighted by Gasteiger charge is 2.32. The minimum absolute atomic E-state index is 0.0129. The van der Waals surface area contributed by atoms with Crippen molar-refractivity contribution in [3.8, 4) is 0 Å². The van der Waals surface area contributed by atoms with Crippen LogP contribution in [0.15, 0.2) is 22.7 Å². The fraction of sp³-hybridized carbons (Fsp3) is 0.562. The first-order chi connectivity index (χ1) is 10.5. The standard InChI is InChI=1S/C16H22BrFN2O2/c1-22-11-16(4-6-19-7-5-16)10-20-15(21)9-12-2-3-14(18)13(17)8-12/h2-3,8,19H,4-7,9-11H2,1H3,(H,20,21). The van der Waals surface area contributed by atoms with E-state index in [0.717, 1.165) is 31.5 Å². The third kappa shape index (κ3) is 4.76. The van der Waals surface area contributed by atoms with Crippen molar-refractivity contribution in [3.63, 3.8) is 0 Å². The molecule has 1 fully saturated rings. The average molecular weight is 373 g/mol. The lowest BCUT2D eigenvalue weighted by atomic mass is 9.79. The van der Waals surface area contributed by atoms with Crippen LogP contribution in [0.5, 0.6) is 0 Å². The molecule has 0 radical (unpaired) electrons. The average Bonchev–Trinajstić information content (AvgIpc) is 2.50. The van der Waals surface area contributed by atoms with Crippen molar-refractivity contribution in [2.24, 2.45) is 5.41 Å². The summed E-state index contributed by atoms with van der Waals surface area (Å²) in [5.74, 6) is -0.370. The van der Waals surface area contributed by atoms with E-state index in [-0.39, 0.29) is 23.6 Å². The van der Waals surface area contributed by atoms with Gasteiger partial charge in [-0.05, 0) is 59.6 Å². The van der Waals surface area contributed by atoms with Gasteiger partial charge in [0.05, 0.1) is 17.5 Å². The van der Waals surface area contributed by atoms with E-state index in [0.29, 0.717) is 17.6 Å². The number of carbonyl (C=O) groups is 1. The lowest BCUT2D eigenvalue weighted by Gasteiger charge is -2.37. The van der Waals surface area contributed by atoms with Crippen LogP contribution < -0.4 is 10.6 Å². The van der Waals surface area contributed by atoms with Gasteiger partial charge in [-0.25, -0.2) is 4.39 Å². The van der Waals surface area contributed by atoms with Crippen LogP contribution in [0.3, 0.4) is 0 Å². The Morgan fingerprint density at radius 3 is 2.82 bits per heavy atom. The van der Waals surface area contributed by atoms with Gasteiger partial charge in [0.1, 0.15) is 5.82 Å². The van der Waals surface area contributed by atoms with Crippen LogP contribution in [-0.4, -0.2) is 39.3 Å². The number of benzene rings is 1. The van der Waals surface area contributed by atoms with Crippen LogP contribution in [0.2, 0.25) is 0 Å². The number of halogens is 2. The van der Waals surface area contributed by atoms with Gasteiger partial charge in [0.2, 0.25) is 5.91 Å². The molecule has 2 N–H and O–H groups in total. The highest BCUT2D eigenvalue weighted by molar-refractivity contribution is 9.10. The molecular formula is C16H22BrFN2O2. The second kappa shape index (κ2) is 8.04. The molecule has 1 aliphatic heterocycles. The van der Waals surface area contributed by atoms with Crippen LogP contribution in [0, 0.1) is 11.2 Å². The third-order valence-corrected chi connectivity index (χ3v) is 4.73. The quantitative estimate of drug-likeness (QED) is 0.805. The Bertz CT molecular complexity index is 513. The number of piperidine rings is 1. The number of methoxy groups -OCH3 is 1. The molecule has 6 heteroatoms. The summed E-state index contributed by atoms with van der Waals surface area (Å²) < 4.78 is 18.9. The summed E-state index contributed by atoms with van der Waals surface area (Å²) in [5, 5.41) is 6.33. The second-order valence-corrected chi connectivity index (χ2v) is 6.74. The molecule has 0 atom stereocenters. The molecule has 0 aromatic heterocycles. The van der Waals surface area contributed by atoms with Crippen LogP contribution in [0.1, 0.15) is 18.4 Å². The van der Waals surface area contributed by atoms with Gasteiger partial charge in [0.25, 0.3) is 0 Å². The highest BCUT2D eigenvalue weighted by Crippen LogP contribution is 2.28. The summed E-state index contributed by atoms with van der Waals surface area (Å²) in [6.45, 7) is 3.16. The Balaban J connectivity index is 1.89. The van der Waals surface area contributed by atoms with E-state index in [1.165, 1.54) is 6.07 Å². The molecule has 1 aromatic rings. The Hall–Kier alpha value is -0.980. The predicted molar refractivity (Wildman–Crippen MR) is 87.2 cm³/mol. The van der Waals surface area contributed by atoms with Crippen molar-refractivity contribution in [1.29, 1.82) is 0 Å². The summed E-state index contributed by atoms with van der Waals surface area (Å²) >= 11 is 3.14. The van der Waals surface area contributed by atoms with Gasteiger partial charge in [-0.15, -0.1) is 0 Å². The Kier molecular flexibility index (Phi) is 6.35. The number of carbonyl (C=O) groups excluding carboxylic acids is 1. The maximum atomic E-state index is 13.2. The molecule has 2 rings (SSSR count). The number of ether oxygens (including phenoxy) is 1. The van der Waals surface area contributed by atoms with E-state index in [1.807, 2.05) is 0 Å². The van der Waals surface area contributed by atoms with E-state index in [2.05, 4.69) is 26.6 Å². The molecule has 1 aliphatic rings. The van der Waals surface area contributed by atoms with Crippen molar-refractivity contribution < 1.29 is 13.9 Å². The number of amides is 1. The van der Waals surface area contributed by atoms with Crippen molar-refractivity contribution >= 4 is 21.8 Å². The number of rotatable bonds is 6. The van der Waals surface area contributed by atoms with Gasteiger partial charge in [-0.1, -0.05) is 6.07 Å². The highest BCUT2D eigenvalue weighted by atomic mass is 79.9. The normalized spacial score (nSPS) is 17.2. The SMILES string of the molecule is COCC1(CNC(=O)Cc2ccc(F)c(Br)c2)CCNCC1. The first-order valence-corrected chi connectivity index (χ1v) is 8.24. The number of nitrogens with one attached hydrogen (secondary N) is 2. The smallest absolute Gasteiger partial charge is 0.224 e. The van der Waals surface area contributed by atoms with Crippen molar-refractivity contribution in [3.05, 3.63) is 34.1 Å². The van der Waals surface area contributed by atoms with E-state index in [4.69, 9.17) is 4.74 Å². The summed E-state index contributed by atoms with van der Waals surface area (Å²) in [6, 6.07) is 4.64. The first kappa shape index (κ1) is 17.4. The van der Waals surface area contributed by atoms with Gasteiger partial charge >= 0.3 is 0 Å². The van der Waals surface area contributed by atoms with Crippen LogP contribution in [-0.2, 0) is 16.0 Å². The Labute approximate surface area is 138 Å². The number of hydrogen-bond donors (Lipinski definition) is 2. The zero-order chi connectivity index (χ0) is 16.0. The zero-order valence-electron chi connectivity index (χ0n) is 12.8. The Morgan fingerprint density at radius 1 is 1.45 bits per heavy atom. The van der Waals surface area contributed by atoms with Gasteiger partial charge in [0, 0.05) is 19.1 Å². The monoisotopic (exact) mass is 372 g/mol. The maximum Gasteiger partial charge on any atom is 0.224 e. The molecule has 0 bridgehead atoms. The van der Waals surface area contributed by atoms with Crippen molar-refractivity contribution in [1.82, 2.24) is 10.6 Å². The predicted octanol–water partition coefficient (Wildman–Crippen LogP) is 2.26. The molecule has 4 nitrogen and oxygen atoms in total. The van der Waals surface area contributed by atoms with Gasteiger partial charge in [-0.3, -0.25) is 4.79 Å². The van der Waals surface area contributed by atoms with Gasteiger partial charge in [0.15, 0.2) is 0 Å². The molecule has 122 valence electrons. The molecule has 0 saturated carbocycles. The molecule has 1 amide bonds. The van der Waals surface area contributed by atoms with Crippen LogP contribution >= 0.6 is 15.9 Å². The number of hydrogen-bond acceptors (Lipinski definition) is 3. The van der Waals surface area contributed by atoms with Crippen LogP contribution in [0.4, 0.5) is 4.39 Å². The molecule has 0 spiro atoms. The van der Waals surface area contributed by atoms with Gasteiger partial charge < -0.3 is 15.4 Å². The van der Waals surface area contributed by atoms with Crippen molar-refractivity contribution in [2.45, 2.75) is 19.3 Å². The van der Waals surface area contributed by atoms with E-state index >= 15 is 0 Å². The topological polar surface area (TPSA) is 50.4 Å². The third-order valence-electron chi connectivity index (χ3n) is 4.12. The summed E-state index contributed by atoms with van der Waals surface area (Å²) in [6.07, 6.45) is 2.23. The fourth-order valence-electron chi connectivity index (χ4n) is 2.82. The maximum absolute atomic E-state index is 13.2. The largest absolute Gasteiger partial charge is 0.384 e.